The molecule has 5 nitrogen and oxygen atoms in total. The van der Waals surface area contributed by atoms with Crippen molar-refractivity contribution in [3.05, 3.63) is 71.3 Å². The Morgan fingerprint density at radius 1 is 0.967 bits per heavy atom. The number of aliphatic imine (C=N–C) groups is 1. The maximum absolute atomic E-state index is 12.0. The van der Waals surface area contributed by atoms with Crippen molar-refractivity contribution in [2.24, 2.45) is 10.9 Å². The lowest BCUT2D eigenvalue weighted by Gasteiger charge is -2.29. The van der Waals surface area contributed by atoms with E-state index in [-0.39, 0.29) is 5.91 Å². The van der Waals surface area contributed by atoms with Gasteiger partial charge in [0.25, 0.3) is 5.91 Å². The van der Waals surface area contributed by atoms with Gasteiger partial charge in [0.05, 0.1) is 0 Å². The Kier molecular flexibility index (Phi) is 7.89. The zero-order valence-corrected chi connectivity index (χ0v) is 18.4. The molecule has 1 saturated carbocycles. The van der Waals surface area contributed by atoms with Gasteiger partial charge in [0.15, 0.2) is 5.96 Å². The summed E-state index contributed by atoms with van der Waals surface area (Å²) in [5.41, 5.74) is 3.31. The number of nitrogens with zero attached hydrogens (tertiary/aromatic N) is 2. The molecule has 0 aliphatic heterocycles. The van der Waals surface area contributed by atoms with Crippen LogP contribution in [0.2, 0.25) is 0 Å². The van der Waals surface area contributed by atoms with Crippen LogP contribution in [-0.4, -0.2) is 44.5 Å². The van der Waals surface area contributed by atoms with Gasteiger partial charge in [-0.15, -0.1) is 0 Å². The molecule has 2 N–H and O–H groups in total. The summed E-state index contributed by atoms with van der Waals surface area (Å²) in [4.78, 5) is 17.9. The van der Waals surface area contributed by atoms with E-state index in [9.17, 15) is 4.79 Å². The zero-order valence-electron chi connectivity index (χ0n) is 18.4. The highest BCUT2D eigenvalue weighted by molar-refractivity contribution is 5.93. The van der Waals surface area contributed by atoms with E-state index in [1.807, 2.05) is 24.3 Å². The topological polar surface area (TPSA) is 56.7 Å². The van der Waals surface area contributed by atoms with Crippen LogP contribution in [0.15, 0.2) is 59.6 Å². The molecule has 0 aromatic heterocycles. The molecular formula is C25H34N4O. The summed E-state index contributed by atoms with van der Waals surface area (Å²) in [6.07, 6.45) is 5.04. The number of guanidine groups is 1. The van der Waals surface area contributed by atoms with Crippen molar-refractivity contribution < 1.29 is 4.79 Å². The minimum atomic E-state index is 0.0222. The number of hydrogen-bond acceptors (Lipinski definition) is 2. The van der Waals surface area contributed by atoms with E-state index in [0.717, 1.165) is 18.1 Å². The van der Waals surface area contributed by atoms with Crippen LogP contribution in [0.1, 0.15) is 53.1 Å². The van der Waals surface area contributed by atoms with Crippen molar-refractivity contribution in [1.29, 1.82) is 0 Å². The Morgan fingerprint density at radius 3 is 2.23 bits per heavy atom. The molecule has 2 aromatic rings. The molecule has 0 saturated heterocycles. The third-order valence-corrected chi connectivity index (χ3v) is 5.97. The predicted molar refractivity (Wildman–Crippen MR) is 124 cm³/mol. The smallest absolute Gasteiger partial charge is 0.253 e. The highest BCUT2D eigenvalue weighted by Crippen LogP contribution is 2.35. The average Bonchev–Trinajstić information content (AvgIpc) is 2.80. The molecule has 0 unspecified atom stereocenters. The molecule has 1 fully saturated rings. The lowest BCUT2D eigenvalue weighted by molar-refractivity contribution is 0.0827. The van der Waals surface area contributed by atoms with Crippen molar-refractivity contribution in [3.8, 4) is 0 Å². The summed E-state index contributed by atoms with van der Waals surface area (Å²) in [6.45, 7) is 1.63. The number of rotatable bonds is 6. The number of carbonyl (C=O) groups excluding carboxylic acids is 1. The maximum atomic E-state index is 12.0. The maximum Gasteiger partial charge on any atom is 0.253 e. The normalized spacial score (nSPS) is 19.2. The quantitative estimate of drug-likeness (QED) is 0.563. The first-order chi connectivity index (χ1) is 14.6. The molecule has 30 heavy (non-hydrogen) atoms. The van der Waals surface area contributed by atoms with E-state index in [4.69, 9.17) is 0 Å². The first-order valence-corrected chi connectivity index (χ1v) is 10.9. The minimum absolute atomic E-state index is 0.0222. The van der Waals surface area contributed by atoms with E-state index in [1.165, 1.54) is 31.2 Å². The molecule has 3 rings (SSSR count). The van der Waals surface area contributed by atoms with Crippen LogP contribution in [0.25, 0.3) is 0 Å². The summed E-state index contributed by atoms with van der Waals surface area (Å²) >= 11 is 0. The van der Waals surface area contributed by atoms with Gasteiger partial charge >= 0.3 is 0 Å². The third-order valence-electron chi connectivity index (χ3n) is 5.97. The van der Waals surface area contributed by atoms with E-state index < -0.39 is 0 Å². The molecule has 0 bridgehead atoms. The summed E-state index contributed by atoms with van der Waals surface area (Å²) in [5, 5.41) is 6.86. The lowest BCUT2D eigenvalue weighted by Crippen LogP contribution is -2.40. The average molecular weight is 407 g/mol. The SMILES string of the molecule is CN=C(NCc1ccc(C(=O)N(C)C)cc1)NCC1CCC(c2ccccc2)CC1. The first kappa shape index (κ1) is 21.9. The largest absolute Gasteiger partial charge is 0.356 e. The van der Waals surface area contributed by atoms with Gasteiger partial charge in [-0.1, -0.05) is 42.5 Å². The number of hydrogen-bond donors (Lipinski definition) is 2. The molecule has 0 heterocycles. The summed E-state index contributed by atoms with van der Waals surface area (Å²) in [5.74, 6) is 2.25. The number of nitrogens with one attached hydrogen (secondary N) is 2. The standard InChI is InChI=1S/C25H34N4O/c1-26-25(28-18-20-11-15-23(16-12-20)24(30)29(2)3)27-17-19-9-13-22(14-10-19)21-7-5-4-6-8-21/h4-8,11-12,15-16,19,22H,9-10,13-14,17-18H2,1-3H3,(H2,26,27,28). The Bertz CT molecular complexity index is 822. The van der Waals surface area contributed by atoms with Crippen molar-refractivity contribution in [3.63, 3.8) is 0 Å². The highest BCUT2D eigenvalue weighted by atomic mass is 16.2. The fourth-order valence-electron chi connectivity index (χ4n) is 4.10. The van der Waals surface area contributed by atoms with Gasteiger partial charge in [-0.2, -0.15) is 0 Å². The zero-order chi connectivity index (χ0) is 21.3. The molecule has 0 atom stereocenters. The van der Waals surface area contributed by atoms with Crippen LogP contribution in [0, 0.1) is 5.92 Å². The molecule has 1 aliphatic rings. The monoisotopic (exact) mass is 406 g/mol. The van der Waals surface area contributed by atoms with Gasteiger partial charge in [0.2, 0.25) is 0 Å². The van der Waals surface area contributed by atoms with Crippen LogP contribution >= 0.6 is 0 Å². The van der Waals surface area contributed by atoms with Crippen molar-refractivity contribution >= 4 is 11.9 Å². The van der Waals surface area contributed by atoms with Crippen LogP contribution in [0.4, 0.5) is 0 Å². The van der Waals surface area contributed by atoms with Crippen molar-refractivity contribution in [2.75, 3.05) is 27.7 Å². The van der Waals surface area contributed by atoms with Gasteiger partial charge in [0.1, 0.15) is 0 Å². The fraction of sp³-hybridized carbons (Fsp3) is 0.440. The molecule has 0 radical (unpaired) electrons. The van der Waals surface area contributed by atoms with E-state index in [0.29, 0.717) is 23.9 Å². The molecule has 1 aliphatic carbocycles. The van der Waals surface area contributed by atoms with Crippen molar-refractivity contribution in [2.45, 2.75) is 38.1 Å². The lowest BCUT2D eigenvalue weighted by atomic mass is 9.79. The van der Waals surface area contributed by atoms with Gasteiger partial charge in [-0.25, -0.2) is 0 Å². The Morgan fingerprint density at radius 2 is 1.63 bits per heavy atom. The second-order valence-corrected chi connectivity index (χ2v) is 8.33. The number of amides is 1. The number of benzene rings is 2. The third kappa shape index (κ3) is 6.09. The fourth-order valence-corrected chi connectivity index (χ4v) is 4.10. The Balaban J connectivity index is 1.41. The van der Waals surface area contributed by atoms with Crippen LogP contribution in [0.3, 0.4) is 0 Å². The van der Waals surface area contributed by atoms with Gasteiger partial charge < -0.3 is 15.5 Å². The van der Waals surface area contributed by atoms with Gasteiger partial charge in [0, 0.05) is 39.8 Å². The van der Waals surface area contributed by atoms with Crippen LogP contribution in [0.5, 0.6) is 0 Å². The molecule has 1 amide bonds. The molecule has 2 aromatic carbocycles. The molecule has 5 heteroatoms. The summed E-state index contributed by atoms with van der Waals surface area (Å²) in [7, 11) is 5.34. The summed E-state index contributed by atoms with van der Waals surface area (Å²) < 4.78 is 0. The van der Waals surface area contributed by atoms with E-state index >= 15 is 0 Å². The second-order valence-electron chi connectivity index (χ2n) is 8.33. The molecule has 160 valence electrons. The highest BCUT2D eigenvalue weighted by Gasteiger charge is 2.22. The second kappa shape index (κ2) is 10.8. The first-order valence-electron chi connectivity index (χ1n) is 10.9. The molecule has 0 spiro atoms. The molecular weight excluding hydrogens is 372 g/mol. The Labute approximate surface area is 180 Å². The number of carbonyl (C=O) groups is 1. The van der Waals surface area contributed by atoms with E-state index in [2.05, 4.69) is 46.0 Å². The predicted octanol–water partition coefficient (Wildman–Crippen LogP) is 4.03. The summed E-state index contributed by atoms with van der Waals surface area (Å²) in [6, 6.07) is 18.6. The van der Waals surface area contributed by atoms with Crippen molar-refractivity contribution in [1.82, 2.24) is 15.5 Å². The van der Waals surface area contributed by atoms with Crippen LogP contribution in [-0.2, 0) is 6.54 Å². The van der Waals surface area contributed by atoms with Gasteiger partial charge in [-0.05, 0) is 60.8 Å². The van der Waals surface area contributed by atoms with E-state index in [1.54, 1.807) is 26.0 Å². The van der Waals surface area contributed by atoms with Crippen LogP contribution < -0.4 is 10.6 Å². The Hall–Kier alpha value is -2.82. The van der Waals surface area contributed by atoms with Gasteiger partial charge in [-0.3, -0.25) is 9.79 Å². The minimum Gasteiger partial charge on any atom is -0.356 e.